The fourth-order valence-electron chi connectivity index (χ4n) is 2.50. The van der Waals surface area contributed by atoms with E-state index in [-0.39, 0.29) is 4.90 Å². The Balaban J connectivity index is 1.92. The lowest BCUT2D eigenvalue weighted by Gasteiger charge is -2.06. The summed E-state index contributed by atoms with van der Waals surface area (Å²) in [6.45, 7) is 1.90. The molecule has 24 heavy (non-hydrogen) atoms. The molecule has 0 aliphatic carbocycles. The average molecular weight is 340 g/mol. The first-order chi connectivity index (χ1) is 11.6. The lowest BCUT2D eigenvalue weighted by atomic mass is 10.1. The van der Waals surface area contributed by atoms with Gasteiger partial charge in [-0.25, -0.2) is 0 Å². The van der Waals surface area contributed by atoms with Crippen LogP contribution >= 0.6 is 0 Å². The van der Waals surface area contributed by atoms with Gasteiger partial charge in [0.25, 0.3) is 10.0 Å². The highest BCUT2D eigenvalue weighted by Gasteiger charge is 2.21. The van der Waals surface area contributed by atoms with Crippen molar-refractivity contribution in [3.63, 3.8) is 0 Å². The predicted octanol–water partition coefficient (Wildman–Crippen LogP) is 1.76. The summed E-state index contributed by atoms with van der Waals surface area (Å²) in [5, 5.41) is 18.5. The number of aryl methyl sites for hydroxylation is 1. The molecule has 0 radical (unpaired) electrons. The molecule has 9 heteroatoms. The van der Waals surface area contributed by atoms with Gasteiger partial charge in [-0.3, -0.25) is 0 Å². The quantitative estimate of drug-likeness (QED) is 0.609. The minimum absolute atomic E-state index is 0.183. The number of fused-ring (bicyclic) bond motifs is 1. The number of benzene rings is 2. The molecule has 0 saturated heterocycles. The van der Waals surface area contributed by atoms with Crippen LogP contribution in [0.5, 0.6) is 0 Å². The molecule has 0 aliphatic heterocycles. The Morgan fingerprint density at radius 2 is 1.88 bits per heavy atom. The summed E-state index contributed by atoms with van der Waals surface area (Å²) in [4.78, 5) is 0.183. The van der Waals surface area contributed by atoms with E-state index >= 15 is 0 Å². The molecule has 4 rings (SSSR count). The molecule has 1 N–H and O–H groups in total. The number of rotatable bonds is 3. The van der Waals surface area contributed by atoms with Crippen molar-refractivity contribution in [2.45, 2.75) is 11.8 Å². The van der Waals surface area contributed by atoms with Crippen LogP contribution in [0, 0.1) is 6.92 Å². The summed E-state index contributed by atoms with van der Waals surface area (Å²) in [5.41, 5.74) is 2.10. The summed E-state index contributed by atoms with van der Waals surface area (Å²) in [6, 6.07) is 11.9. The number of nitrogens with one attached hydrogen (secondary N) is 1. The molecular weight excluding hydrogens is 328 g/mol. The molecule has 0 unspecified atom stereocenters. The first kappa shape index (κ1) is 14.5. The zero-order valence-corrected chi connectivity index (χ0v) is 13.4. The van der Waals surface area contributed by atoms with Crippen molar-refractivity contribution in [3.8, 4) is 11.4 Å². The second-order valence-electron chi connectivity index (χ2n) is 5.28. The van der Waals surface area contributed by atoms with E-state index in [4.69, 9.17) is 0 Å². The maximum atomic E-state index is 12.9. The van der Waals surface area contributed by atoms with E-state index in [1.165, 1.54) is 6.20 Å². The molecule has 4 aromatic rings. The van der Waals surface area contributed by atoms with E-state index in [0.29, 0.717) is 22.3 Å². The molecule has 0 fully saturated rings. The van der Waals surface area contributed by atoms with Gasteiger partial charge >= 0.3 is 0 Å². The Bertz CT molecular complexity index is 1110. The Kier molecular flexibility index (Phi) is 3.17. The van der Waals surface area contributed by atoms with Crippen molar-refractivity contribution < 1.29 is 8.42 Å². The minimum atomic E-state index is -3.78. The maximum Gasteiger partial charge on any atom is 0.283 e. The first-order valence-corrected chi connectivity index (χ1v) is 8.54. The number of hydrogen-bond donors (Lipinski definition) is 1. The second-order valence-corrected chi connectivity index (χ2v) is 7.05. The van der Waals surface area contributed by atoms with Crippen LogP contribution in [0.2, 0.25) is 0 Å². The number of tetrazole rings is 1. The van der Waals surface area contributed by atoms with Gasteiger partial charge in [0.2, 0.25) is 5.82 Å². The fourth-order valence-corrected chi connectivity index (χ4v) is 3.77. The van der Waals surface area contributed by atoms with Gasteiger partial charge in [-0.2, -0.15) is 22.8 Å². The topological polar surface area (TPSA) is 106 Å². The van der Waals surface area contributed by atoms with Crippen LogP contribution in [-0.2, 0) is 10.0 Å². The van der Waals surface area contributed by atoms with Gasteiger partial charge in [0, 0.05) is 10.9 Å². The largest absolute Gasteiger partial charge is 0.283 e. The van der Waals surface area contributed by atoms with E-state index < -0.39 is 10.0 Å². The monoisotopic (exact) mass is 340 g/mol. The SMILES string of the molecule is Cc1ccc(S(=O)(=O)n2ncc3c(-c4nn[nH]n4)cccc32)cc1. The average Bonchev–Trinajstić information content (AvgIpc) is 3.25. The van der Waals surface area contributed by atoms with Gasteiger partial charge in [-0.1, -0.05) is 29.8 Å². The van der Waals surface area contributed by atoms with Gasteiger partial charge in [0.05, 0.1) is 16.6 Å². The highest BCUT2D eigenvalue weighted by atomic mass is 32.2. The summed E-state index contributed by atoms with van der Waals surface area (Å²) < 4.78 is 26.8. The zero-order chi connectivity index (χ0) is 16.7. The van der Waals surface area contributed by atoms with Gasteiger partial charge in [0.1, 0.15) is 0 Å². The van der Waals surface area contributed by atoms with Crippen LogP contribution in [0.4, 0.5) is 0 Å². The van der Waals surface area contributed by atoms with Crippen molar-refractivity contribution in [3.05, 3.63) is 54.2 Å². The molecular formula is C15H12N6O2S. The maximum absolute atomic E-state index is 12.9. The summed E-state index contributed by atoms with van der Waals surface area (Å²) in [7, 11) is -3.78. The van der Waals surface area contributed by atoms with E-state index in [2.05, 4.69) is 25.7 Å². The molecule has 8 nitrogen and oxygen atoms in total. The Hall–Kier alpha value is -3.07. The minimum Gasteiger partial charge on any atom is -0.199 e. The molecule has 2 heterocycles. The predicted molar refractivity (Wildman–Crippen MR) is 86.7 cm³/mol. The first-order valence-electron chi connectivity index (χ1n) is 7.10. The summed E-state index contributed by atoms with van der Waals surface area (Å²) in [6.07, 6.45) is 1.49. The number of aromatic nitrogens is 6. The van der Waals surface area contributed by atoms with Gasteiger partial charge in [0.15, 0.2) is 0 Å². The van der Waals surface area contributed by atoms with Crippen molar-refractivity contribution in [1.29, 1.82) is 0 Å². The molecule has 0 spiro atoms. The normalized spacial score (nSPS) is 11.9. The summed E-state index contributed by atoms with van der Waals surface area (Å²) >= 11 is 0. The molecule has 0 amide bonds. The van der Waals surface area contributed by atoms with Gasteiger partial charge in [-0.15, -0.1) is 10.2 Å². The Morgan fingerprint density at radius 1 is 1.08 bits per heavy atom. The van der Waals surface area contributed by atoms with Crippen molar-refractivity contribution in [1.82, 2.24) is 29.8 Å². The highest BCUT2D eigenvalue weighted by molar-refractivity contribution is 7.90. The molecule has 0 aliphatic rings. The third-order valence-electron chi connectivity index (χ3n) is 3.71. The number of nitrogens with zero attached hydrogens (tertiary/aromatic N) is 5. The standard InChI is InChI=1S/C15H12N6O2S/c1-10-5-7-11(8-6-10)24(22,23)21-14-4-2-3-12(13(14)9-16-21)15-17-19-20-18-15/h2-9H,1H3,(H,17,18,19,20). The van der Waals surface area contributed by atoms with Crippen LogP contribution in [0.1, 0.15) is 5.56 Å². The van der Waals surface area contributed by atoms with Crippen molar-refractivity contribution >= 4 is 20.9 Å². The van der Waals surface area contributed by atoms with Gasteiger partial charge < -0.3 is 0 Å². The van der Waals surface area contributed by atoms with Crippen LogP contribution in [-0.4, -0.2) is 38.2 Å². The van der Waals surface area contributed by atoms with Crippen molar-refractivity contribution in [2.24, 2.45) is 0 Å². The van der Waals surface area contributed by atoms with Crippen LogP contribution in [0.3, 0.4) is 0 Å². The lowest BCUT2D eigenvalue weighted by Crippen LogP contribution is -2.14. The van der Waals surface area contributed by atoms with E-state index in [1.807, 2.05) is 6.92 Å². The van der Waals surface area contributed by atoms with E-state index in [9.17, 15) is 8.42 Å². The number of hydrogen-bond acceptors (Lipinski definition) is 6. The van der Waals surface area contributed by atoms with Crippen LogP contribution in [0.25, 0.3) is 22.3 Å². The lowest BCUT2D eigenvalue weighted by molar-refractivity contribution is 0.582. The van der Waals surface area contributed by atoms with E-state index in [1.54, 1.807) is 42.5 Å². The second kappa shape index (κ2) is 5.24. The molecule has 0 bridgehead atoms. The third-order valence-corrected chi connectivity index (χ3v) is 5.33. The smallest absolute Gasteiger partial charge is 0.199 e. The zero-order valence-electron chi connectivity index (χ0n) is 12.6. The molecule has 120 valence electrons. The number of H-pyrrole nitrogens is 1. The molecule has 0 saturated carbocycles. The highest BCUT2D eigenvalue weighted by Crippen LogP contribution is 2.27. The van der Waals surface area contributed by atoms with Crippen LogP contribution in [0.15, 0.2) is 53.6 Å². The summed E-state index contributed by atoms with van der Waals surface area (Å²) in [5.74, 6) is 0.382. The van der Waals surface area contributed by atoms with Crippen LogP contribution < -0.4 is 0 Å². The van der Waals surface area contributed by atoms with E-state index in [0.717, 1.165) is 9.65 Å². The molecule has 2 aromatic carbocycles. The Labute approximate surface area is 137 Å². The molecule has 0 atom stereocenters. The fraction of sp³-hybridized carbons (Fsp3) is 0.0667. The third kappa shape index (κ3) is 2.17. The number of aromatic amines is 1. The Morgan fingerprint density at radius 3 is 2.58 bits per heavy atom. The van der Waals surface area contributed by atoms with Crippen molar-refractivity contribution in [2.75, 3.05) is 0 Å². The van der Waals surface area contributed by atoms with Gasteiger partial charge in [-0.05, 0) is 30.3 Å². The molecule has 2 aromatic heterocycles.